The fourth-order valence-electron chi connectivity index (χ4n) is 1.02. The lowest BCUT2D eigenvalue weighted by Gasteiger charge is -2.43. The van der Waals surface area contributed by atoms with E-state index in [2.05, 4.69) is 12.6 Å². The molecule has 1 atom stereocenters. The van der Waals surface area contributed by atoms with Gasteiger partial charge in [0.2, 0.25) is 0 Å². The molecular weight excluding hydrogens is 280 g/mol. The molecule has 11 heteroatoms. The van der Waals surface area contributed by atoms with Crippen molar-refractivity contribution in [3.8, 4) is 0 Å². The van der Waals surface area contributed by atoms with E-state index in [0.717, 1.165) is 0 Å². The van der Waals surface area contributed by atoms with Gasteiger partial charge in [-0.3, -0.25) is 9.13 Å². The van der Waals surface area contributed by atoms with Crippen LogP contribution >= 0.6 is 27.8 Å². The van der Waals surface area contributed by atoms with Crippen molar-refractivity contribution in [3.05, 3.63) is 0 Å². The smallest absolute Gasteiger partial charge is 0.365 e. The van der Waals surface area contributed by atoms with Gasteiger partial charge in [0.25, 0.3) is 5.08 Å². The first-order chi connectivity index (χ1) is 6.69. The van der Waals surface area contributed by atoms with Gasteiger partial charge in [-0.1, -0.05) is 13.8 Å². The van der Waals surface area contributed by atoms with Crippen LogP contribution in [-0.4, -0.2) is 34.6 Å². The lowest BCUT2D eigenvalue weighted by atomic mass is 10.1. The van der Waals surface area contributed by atoms with Crippen molar-refractivity contribution in [2.24, 2.45) is 11.7 Å². The third-order valence-electron chi connectivity index (χ3n) is 2.23. The Hall–Kier alpha value is 0.570. The van der Waals surface area contributed by atoms with Gasteiger partial charge in [0, 0.05) is 0 Å². The third-order valence-corrected chi connectivity index (χ3v) is 7.35. The second-order valence-electron chi connectivity index (χ2n) is 3.70. The van der Waals surface area contributed by atoms with E-state index in [1.807, 2.05) is 0 Å². The van der Waals surface area contributed by atoms with Crippen LogP contribution in [-0.2, 0) is 9.13 Å². The summed E-state index contributed by atoms with van der Waals surface area (Å²) in [7, 11) is -11.2. The largest absolute Gasteiger partial charge is 0.372 e. The van der Waals surface area contributed by atoms with Gasteiger partial charge in [0.1, 0.15) is 4.87 Å². The van der Waals surface area contributed by atoms with Crippen LogP contribution < -0.4 is 5.73 Å². The minimum Gasteiger partial charge on any atom is -0.365 e. The molecule has 0 aliphatic heterocycles. The standard InChI is InChI=1S/C5H15NO7P2S/c1-3(2)4(6,16)5(7,14(8,9)10)15(11,12)13/h3,7,16H,6H2,1-2H3,(H2,8,9,10)(H2,11,12,13). The molecule has 0 heterocycles. The second kappa shape index (κ2) is 4.35. The van der Waals surface area contributed by atoms with E-state index >= 15 is 0 Å². The molecule has 0 bridgehead atoms. The number of thiol groups is 1. The van der Waals surface area contributed by atoms with Crippen molar-refractivity contribution < 1.29 is 33.8 Å². The van der Waals surface area contributed by atoms with Gasteiger partial charge >= 0.3 is 15.2 Å². The van der Waals surface area contributed by atoms with Crippen LogP contribution in [0.25, 0.3) is 0 Å². The summed E-state index contributed by atoms with van der Waals surface area (Å²) in [5.41, 5.74) is 5.34. The van der Waals surface area contributed by atoms with E-state index in [9.17, 15) is 14.2 Å². The monoisotopic (exact) mass is 295 g/mol. The number of hydrogen-bond acceptors (Lipinski definition) is 5. The molecule has 0 spiro atoms. The predicted octanol–water partition coefficient (Wildman–Crippen LogP) is -0.771. The molecule has 0 aromatic heterocycles. The zero-order valence-corrected chi connectivity index (χ0v) is 11.2. The maximum absolute atomic E-state index is 11.1. The van der Waals surface area contributed by atoms with Crippen LogP contribution in [0.2, 0.25) is 0 Å². The lowest BCUT2D eigenvalue weighted by Crippen LogP contribution is -2.59. The number of aliphatic hydroxyl groups is 1. The molecular formula is C5H15NO7P2S. The topological polar surface area (TPSA) is 161 Å². The van der Waals surface area contributed by atoms with E-state index in [4.69, 9.17) is 25.3 Å². The summed E-state index contributed by atoms with van der Waals surface area (Å²) in [6.07, 6.45) is 0. The van der Waals surface area contributed by atoms with Crippen molar-refractivity contribution >= 4 is 27.8 Å². The fourth-order valence-corrected chi connectivity index (χ4v) is 4.61. The molecule has 1 unspecified atom stereocenters. The van der Waals surface area contributed by atoms with Crippen LogP contribution in [0.15, 0.2) is 0 Å². The quantitative estimate of drug-likeness (QED) is 0.202. The van der Waals surface area contributed by atoms with Crippen molar-refractivity contribution in [1.29, 1.82) is 0 Å². The molecule has 0 saturated heterocycles. The van der Waals surface area contributed by atoms with Crippen LogP contribution in [0.3, 0.4) is 0 Å². The molecule has 7 N–H and O–H groups in total. The molecule has 16 heavy (non-hydrogen) atoms. The Balaban J connectivity index is 6.03. The average Bonchev–Trinajstić information content (AvgIpc) is 1.97. The van der Waals surface area contributed by atoms with Gasteiger partial charge in [-0.05, 0) is 5.92 Å². The molecule has 0 saturated carbocycles. The number of rotatable bonds is 4. The van der Waals surface area contributed by atoms with Crippen molar-refractivity contribution in [1.82, 2.24) is 0 Å². The van der Waals surface area contributed by atoms with Gasteiger partial charge in [0.15, 0.2) is 0 Å². The highest BCUT2D eigenvalue weighted by Crippen LogP contribution is 2.72. The Kier molecular flexibility index (Phi) is 4.50. The first-order valence-corrected chi connectivity index (χ1v) is 7.71. The van der Waals surface area contributed by atoms with Crippen molar-refractivity contribution in [2.75, 3.05) is 0 Å². The summed E-state index contributed by atoms with van der Waals surface area (Å²) in [6, 6.07) is 0. The molecule has 0 amide bonds. The zero-order chi connectivity index (χ0) is 13.6. The summed E-state index contributed by atoms with van der Waals surface area (Å²) in [5, 5.41) is 5.92. The molecule has 98 valence electrons. The van der Waals surface area contributed by atoms with Crippen LogP contribution in [0, 0.1) is 5.92 Å². The SMILES string of the molecule is CC(C)C(N)(S)C(O)(P(=O)(O)O)P(=O)(O)O. The molecule has 0 aliphatic rings. The molecule has 0 fully saturated rings. The summed E-state index contributed by atoms with van der Waals surface area (Å²) < 4.78 is 22.1. The Morgan fingerprint density at radius 1 is 1.12 bits per heavy atom. The van der Waals surface area contributed by atoms with Gasteiger partial charge in [-0.2, -0.15) is 12.6 Å². The van der Waals surface area contributed by atoms with E-state index in [1.54, 1.807) is 0 Å². The minimum absolute atomic E-state index is 0.902. The predicted molar refractivity (Wildman–Crippen MR) is 59.8 cm³/mol. The van der Waals surface area contributed by atoms with Gasteiger partial charge < -0.3 is 30.4 Å². The van der Waals surface area contributed by atoms with E-state index < -0.39 is 31.1 Å². The summed E-state index contributed by atoms with van der Waals surface area (Å²) in [6.45, 7) is 2.62. The fraction of sp³-hybridized carbons (Fsp3) is 1.00. The lowest BCUT2D eigenvalue weighted by molar-refractivity contribution is 0.0797. The molecule has 0 aliphatic carbocycles. The second-order valence-corrected chi connectivity index (χ2v) is 8.27. The van der Waals surface area contributed by atoms with Crippen LogP contribution in [0.4, 0.5) is 0 Å². The first-order valence-electron chi connectivity index (χ1n) is 4.04. The third kappa shape index (κ3) is 2.38. The maximum Gasteiger partial charge on any atom is 0.372 e. The highest BCUT2D eigenvalue weighted by atomic mass is 32.1. The summed E-state index contributed by atoms with van der Waals surface area (Å²) >= 11 is 3.59. The van der Waals surface area contributed by atoms with Crippen molar-refractivity contribution in [2.45, 2.75) is 23.8 Å². The highest BCUT2D eigenvalue weighted by Gasteiger charge is 2.70. The molecule has 0 radical (unpaired) electrons. The normalized spacial score (nSPS) is 18.6. The van der Waals surface area contributed by atoms with Crippen LogP contribution in [0.5, 0.6) is 0 Å². The van der Waals surface area contributed by atoms with Gasteiger partial charge in [-0.25, -0.2) is 0 Å². The van der Waals surface area contributed by atoms with Gasteiger partial charge in [-0.15, -0.1) is 0 Å². The highest BCUT2D eigenvalue weighted by molar-refractivity contribution is 7.84. The Labute approximate surface area is 97.6 Å². The van der Waals surface area contributed by atoms with Crippen molar-refractivity contribution in [3.63, 3.8) is 0 Å². The van der Waals surface area contributed by atoms with Gasteiger partial charge in [0.05, 0.1) is 0 Å². The summed E-state index contributed by atoms with van der Waals surface area (Å²) in [5.74, 6) is -0.902. The minimum atomic E-state index is -5.59. The summed E-state index contributed by atoms with van der Waals surface area (Å²) in [4.78, 5) is 33.1. The van der Waals surface area contributed by atoms with E-state index in [0.29, 0.717) is 0 Å². The molecule has 0 aromatic carbocycles. The molecule has 0 rings (SSSR count). The Bertz CT molecular complexity index is 336. The zero-order valence-electron chi connectivity index (χ0n) is 8.55. The van der Waals surface area contributed by atoms with E-state index in [-0.39, 0.29) is 0 Å². The van der Waals surface area contributed by atoms with Crippen LogP contribution in [0.1, 0.15) is 13.8 Å². The number of nitrogens with two attached hydrogens (primary N) is 1. The molecule has 8 nitrogen and oxygen atoms in total. The Morgan fingerprint density at radius 2 is 1.38 bits per heavy atom. The maximum atomic E-state index is 11.1. The van der Waals surface area contributed by atoms with E-state index in [1.165, 1.54) is 13.8 Å². The average molecular weight is 295 g/mol. The number of hydrogen-bond donors (Lipinski definition) is 7. The first kappa shape index (κ1) is 16.6. The Morgan fingerprint density at radius 3 is 1.44 bits per heavy atom. The molecule has 0 aromatic rings.